The largest absolute Gasteiger partial charge is 0.480 e. The Bertz CT molecular complexity index is 174. The van der Waals surface area contributed by atoms with E-state index in [0.717, 1.165) is 12.8 Å². The van der Waals surface area contributed by atoms with Crippen LogP contribution < -0.4 is 0 Å². The van der Waals surface area contributed by atoms with Gasteiger partial charge < -0.3 is 14.9 Å². The lowest BCUT2D eigenvalue weighted by atomic mass is 9.80. The number of carbonyl (C=O) groups is 1. The molecule has 0 bridgehead atoms. The molecule has 12 heavy (non-hydrogen) atoms. The van der Waals surface area contributed by atoms with Gasteiger partial charge in [-0.05, 0) is 26.2 Å². The first-order chi connectivity index (χ1) is 5.63. The number of nitrogens with zero attached hydrogens (tertiary/aromatic N) is 1. The molecule has 1 heterocycles. The number of carboxylic acid groups (broad SMARTS) is 1. The summed E-state index contributed by atoms with van der Waals surface area (Å²) in [5.74, 6) is -0.824. The monoisotopic (exact) mass is 171 g/mol. The summed E-state index contributed by atoms with van der Waals surface area (Å²) in [5, 5.41) is 18.1. The van der Waals surface area contributed by atoms with Crippen molar-refractivity contribution in [1.82, 2.24) is 4.81 Å². The molecular weight excluding hydrogens is 157 g/mol. The third kappa shape index (κ3) is 1.98. The minimum atomic E-state index is -0.824. The third-order valence-corrected chi connectivity index (χ3v) is 2.31. The molecule has 0 unspecified atom stereocenters. The molecule has 1 atom stereocenters. The van der Waals surface area contributed by atoms with Crippen molar-refractivity contribution < 1.29 is 14.9 Å². The molecule has 0 aromatic carbocycles. The predicted octanol–water partition coefficient (Wildman–Crippen LogP) is 0.0358. The molecule has 0 aliphatic carbocycles. The fraction of sp³-hybridized carbons (Fsp3) is 0.857. The molecule has 2 N–H and O–H groups in total. The smallest absolute Gasteiger partial charge is 0.377 e. The van der Waals surface area contributed by atoms with Gasteiger partial charge in [0.25, 0.3) is 0 Å². The van der Waals surface area contributed by atoms with E-state index >= 15 is 0 Å². The lowest BCUT2D eigenvalue weighted by Crippen LogP contribution is -2.51. The average Bonchev–Trinajstić information content (AvgIpc) is 2.04. The molecule has 0 saturated carbocycles. The summed E-state index contributed by atoms with van der Waals surface area (Å²) in [4.78, 5) is 12.3. The van der Waals surface area contributed by atoms with E-state index < -0.39 is 19.1 Å². The van der Waals surface area contributed by atoms with E-state index in [1.807, 2.05) is 0 Å². The lowest BCUT2D eigenvalue weighted by molar-refractivity contribution is -0.142. The summed E-state index contributed by atoms with van der Waals surface area (Å²) in [6.07, 6.45) is 2.58. The van der Waals surface area contributed by atoms with Gasteiger partial charge >= 0.3 is 13.0 Å². The minimum absolute atomic E-state index is 0.487. The summed E-state index contributed by atoms with van der Waals surface area (Å²) in [6, 6.07) is -0.487. The van der Waals surface area contributed by atoms with Crippen LogP contribution in [0.4, 0.5) is 0 Å². The molecule has 1 aliphatic heterocycles. The normalized spacial score (nSPS) is 25.3. The number of piperidine rings is 1. The summed E-state index contributed by atoms with van der Waals surface area (Å²) >= 11 is 0. The quantitative estimate of drug-likeness (QED) is 0.575. The van der Waals surface area contributed by atoms with Crippen LogP contribution in [0.25, 0.3) is 0 Å². The van der Waals surface area contributed by atoms with Crippen LogP contribution in [0.3, 0.4) is 0 Å². The van der Waals surface area contributed by atoms with Crippen LogP contribution in [-0.2, 0) is 4.79 Å². The number of hydrogen-bond acceptors (Lipinski definition) is 3. The first kappa shape index (κ1) is 9.54. The summed E-state index contributed by atoms with van der Waals surface area (Å²) in [5.41, 5.74) is 0. The maximum atomic E-state index is 10.7. The maximum Gasteiger partial charge on any atom is 0.377 e. The Morgan fingerprint density at radius 2 is 2.25 bits per heavy atom. The number of hydrogen-bond donors (Lipinski definition) is 2. The number of carboxylic acids is 1. The van der Waals surface area contributed by atoms with Crippen LogP contribution in [0, 0.1) is 0 Å². The Morgan fingerprint density at radius 1 is 1.58 bits per heavy atom. The van der Waals surface area contributed by atoms with Gasteiger partial charge in [0.15, 0.2) is 0 Å². The molecule has 4 nitrogen and oxygen atoms in total. The van der Waals surface area contributed by atoms with Crippen LogP contribution in [0.1, 0.15) is 19.3 Å². The Labute approximate surface area is 72.3 Å². The van der Waals surface area contributed by atoms with Crippen molar-refractivity contribution in [2.45, 2.75) is 32.1 Å². The third-order valence-electron chi connectivity index (χ3n) is 2.31. The molecule has 1 saturated heterocycles. The van der Waals surface area contributed by atoms with Crippen LogP contribution in [0.5, 0.6) is 0 Å². The summed E-state index contributed by atoms with van der Waals surface area (Å²) in [6.45, 7) is 2.30. The lowest BCUT2D eigenvalue weighted by Gasteiger charge is -2.33. The van der Waals surface area contributed by atoms with Gasteiger partial charge in [-0.2, -0.15) is 0 Å². The van der Waals surface area contributed by atoms with E-state index in [1.165, 1.54) is 0 Å². The standard InChI is InChI=1S/C7H14BNO3/c1-8(12)9-5-3-2-4-6(9)7(10)11/h6,12H,2-5H2,1H3,(H,10,11)/t6-/m1/s1. The van der Waals surface area contributed by atoms with Crippen molar-refractivity contribution in [3.8, 4) is 0 Å². The van der Waals surface area contributed by atoms with Gasteiger partial charge in [0.05, 0.1) is 0 Å². The van der Waals surface area contributed by atoms with Gasteiger partial charge in [-0.15, -0.1) is 0 Å². The van der Waals surface area contributed by atoms with Crippen LogP contribution in [0.2, 0.25) is 6.82 Å². The number of rotatable bonds is 2. The van der Waals surface area contributed by atoms with E-state index in [2.05, 4.69) is 0 Å². The molecule has 0 spiro atoms. The molecule has 1 rings (SSSR count). The molecule has 68 valence electrons. The van der Waals surface area contributed by atoms with Crippen LogP contribution in [0.15, 0.2) is 0 Å². The molecular formula is C7H14BNO3. The maximum absolute atomic E-state index is 10.7. The second kappa shape index (κ2) is 3.91. The first-order valence-electron chi connectivity index (χ1n) is 4.29. The van der Waals surface area contributed by atoms with E-state index in [0.29, 0.717) is 13.0 Å². The highest BCUT2D eigenvalue weighted by Crippen LogP contribution is 2.17. The van der Waals surface area contributed by atoms with Gasteiger partial charge in [0.1, 0.15) is 6.04 Å². The van der Waals surface area contributed by atoms with Crippen molar-refractivity contribution in [2.75, 3.05) is 6.54 Å². The van der Waals surface area contributed by atoms with Crippen molar-refractivity contribution >= 4 is 13.0 Å². The van der Waals surface area contributed by atoms with E-state index in [4.69, 9.17) is 5.11 Å². The molecule has 0 aromatic rings. The summed E-state index contributed by atoms with van der Waals surface area (Å²) in [7, 11) is -0.647. The number of aliphatic carboxylic acids is 1. The van der Waals surface area contributed by atoms with Crippen LogP contribution >= 0.6 is 0 Å². The molecule has 5 heteroatoms. The molecule has 1 aliphatic rings. The highest BCUT2D eigenvalue weighted by atomic mass is 16.4. The SMILES string of the molecule is CB(O)N1CCCC[C@@H]1C(=O)O. The average molecular weight is 171 g/mol. The Kier molecular flexibility index (Phi) is 3.11. The van der Waals surface area contributed by atoms with Crippen LogP contribution in [-0.4, -0.2) is 40.5 Å². The van der Waals surface area contributed by atoms with Gasteiger partial charge in [-0.3, -0.25) is 4.79 Å². The van der Waals surface area contributed by atoms with E-state index in [1.54, 1.807) is 11.6 Å². The zero-order valence-electron chi connectivity index (χ0n) is 7.23. The van der Waals surface area contributed by atoms with Gasteiger partial charge in [-0.25, -0.2) is 0 Å². The van der Waals surface area contributed by atoms with Gasteiger partial charge in [-0.1, -0.05) is 6.42 Å². The fourth-order valence-electron chi connectivity index (χ4n) is 1.67. The predicted molar refractivity (Wildman–Crippen MR) is 45.8 cm³/mol. The van der Waals surface area contributed by atoms with E-state index in [9.17, 15) is 9.82 Å². The Balaban J connectivity index is 2.60. The second-order valence-electron chi connectivity index (χ2n) is 3.22. The zero-order chi connectivity index (χ0) is 9.14. The van der Waals surface area contributed by atoms with Gasteiger partial charge in [0.2, 0.25) is 0 Å². The zero-order valence-corrected chi connectivity index (χ0v) is 7.23. The van der Waals surface area contributed by atoms with E-state index in [-0.39, 0.29) is 0 Å². The highest BCUT2D eigenvalue weighted by molar-refractivity contribution is 6.45. The van der Waals surface area contributed by atoms with Gasteiger partial charge in [0, 0.05) is 0 Å². The molecule has 0 amide bonds. The van der Waals surface area contributed by atoms with Crippen molar-refractivity contribution in [3.05, 3.63) is 0 Å². The molecule has 1 fully saturated rings. The second-order valence-corrected chi connectivity index (χ2v) is 3.22. The first-order valence-corrected chi connectivity index (χ1v) is 4.29. The molecule has 0 aromatic heterocycles. The minimum Gasteiger partial charge on any atom is -0.480 e. The van der Waals surface area contributed by atoms with Crippen molar-refractivity contribution in [2.24, 2.45) is 0 Å². The topological polar surface area (TPSA) is 60.8 Å². The fourth-order valence-corrected chi connectivity index (χ4v) is 1.67. The summed E-state index contributed by atoms with van der Waals surface area (Å²) < 4.78 is 0. The molecule has 0 radical (unpaired) electrons. The Morgan fingerprint density at radius 3 is 2.67 bits per heavy atom. The van der Waals surface area contributed by atoms with Crippen molar-refractivity contribution in [3.63, 3.8) is 0 Å². The highest BCUT2D eigenvalue weighted by Gasteiger charge is 2.32. The Hall–Kier alpha value is -0.545. The van der Waals surface area contributed by atoms with Crippen molar-refractivity contribution in [1.29, 1.82) is 0 Å².